The highest BCUT2D eigenvalue weighted by Gasteiger charge is 2.31. The van der Waals surface area contributed by atoms with E-state index in [1.54, 1.807) is 26.4 Å². The molecule has 3 aromatic rings. The van der Waals surface area contributed by atoms with Gasteiger partial charge < -0.3 is 14.6 Å². The van der Waals surface area contributed by atoms with Gasteiger partial charge in [0.05, 0.1) is 19.4 Å². The molecular formula is C30H39N3O3. The van der Waals surface area contributed by atoms with Crippen LogP contribution in [0.25, 0.3) is 0 Å². The first kappa shape index (κ1) is 26.1. The van der Waals surface area contributed by atoms with Gasteiger partial charge in [0.1, 0.15) is 11.5 Å². The number of aromatic nitrogens is 1. The van der Waals surface area contributed by atoms with Crippen molar-refractivity contribution in [3.8, 4) is 11.5 Å². The van der Waals surface area contributed by atoms with E-state index in [1.165, 1.54) is 5.56 Å². The van der Waals surface area contributed by atoms with E-state index < -0.39 is 0 Å². The molecule has 6 heteroatoms. The summed E-state index contributed by atoms with van der Waals surface area (Å²) in [6.45, 7) is 5.15. The van der Waals surface area contributed by atoms with Crippen molar-refractivity contribution in [2.45, 2.75) is 38.4 Å². The summed E-state index contributed by atoms with van der Waals surface area (Å²) in [4.78, 5) is 9.64. The van der Waals surface area contributed by atoms with E-state index in [0.717, 1.165) is 69.0 Å². The molecule has 1 N–H and O–H groups in total. The number of rotatable bonds is 12. The fraction of sp³-hybridized carbons (Fsp3) is 0.433. The molecule has 1 unspecified atom stereocenters. The SMILES string of the molecule is COCCN(Cc1ccccn1)C(Cc1ccccc1)C1CCN(Cc2cc(OC)ccc2O)CC1. The molecule has 36 heavy (non-hydrogen) atoms. The van der Waals surface area contributed by atoms with Gasteiger partial charge in [0.15, 0.2) is 0 Å². The summed E-state index contributed by atoms with van der Waals surface area (Å²) in [7, 11) is 3.44. The molecular weight excluding hydrogens is 450 g/mol. The topological polar surface area (TPSA) is 58.1 Å². The quantitative estimate of drug-likeness (QED) is 0.396. The van der Waals surface area contributed by atoms with Gasteiger partial charge >= 0.3 is 0 Å². The smallest absolute Gasteiger partial charge is 0.120 e. The highest BCUT2D eigenvalue weighted by Crippen LogP contribution is 2.30. The average molecular weight is 490 g/mol. The standard InChI is InChI=1S/C30H39N3O3/c1-35-19-18-33(23-27-10-6-7-15-31-27)29(20-24-8-4-3-5-9-24)25-13-16-32(17-14-25)22-26-21-28(36-2)11-12-30(26)34/h3-12,15,21,25,29,34H,13-14,16-20,22-23H2,1-2H3. The summed E-state index contributed by atoms with van der Waals surface area (Å²) < 4.78 is 10.9. The Morgan fingerprint density at radius 2 is 1.81 bits per heavy atom. The van der Waals surface area contributed by atoms with E-state index in [9.17, 15) is 5.11 Å². The third-order valence-corrected chi connectivity index (χ3v) is 7.29. The van der Waals surface area contributed by atoms with E-state index in [1.807, 2.05) is 18.3 Å². The Bertz CT molecular complexity index is 1040. The van der Waals surface area contributed by atoms with E-state index in [0.29, 0.717) is 24.3 Å². The minimum absolute atomic E-state index is 0.334. The first-order valence-corrected chi connectivity index (χ1v) is 12.9. The van der Waals surface area contributed by atoms with Crippen LogP contribution in [-0.2, 0) is 24.2 Å². The fourth-order valence-corrected chi connectivity index (χ4v) is 5.27. The zero-order chi connectivity index (χ0) is 25.2. The number of nitrogens with zero attached hydrogens (tertiary/aromatic N) is 3. The van der Waals surface area contributed by atoms with E-state index >= 15 is 0 Å². The monoisotopic (exact) mass is 489 g/mol. The van der Waals surface area contributed by atoms with Crippen molar-refractivity contribution >= 4 is 0 Å². The number of hydrogen-bond donors (Lipinski definition) is 1. The predicted octanol–water partition coefficient (Wildman–Crippen LogP) is 4.77. The van der Waals surface area contributed by atoms with Crippen molar-refractivity contribution in [3.05, 3.63) is 89.7 Å². The minimum atomic E-state index is 0.334. The predicted molar refractivity (Wildman–Crippen MR) is 143 cm³/mol. The van der Waals surface area contributed by atoms with E-state index in [-0.39, 0.29) is 0 Å². The fourth-order valence-electron chi connectivity index (χ4n) is 5.27. The Balaban J connectivity index is 1.48. The Labute approximate surface area is 215 Å². The molecule has 0 spiro atoms. The van der Waals surface area contributed by atoms with Gasteiger partial charge in [-0.25, -0.2) is 0 Å². The van der Waals surface area contributed by atoms with Crippen molar-refractivity contribution in [2.24, 2.45) is 5.92 Å². The number of pyridine rings is 1. The van der Waals surface area contributed by atoms with Crippen molar-refractivity contribution in [3.63, 3.8) is 0 Å². The van der Waals surface area contributed by atoms with Gasteiger partial charge in [-0.05, 0) is 74.2 Å². The van der Waals surface area contributed by atoms with Gasteiger partial charge in [-0.15, -0.1) is 0 Å². The lowest BCUT2D eigenvalue weighted by Gasteiger charge is -2.41. The number of methoxy groups -OCH3 is 2. The number of phenols is 1. The van der Waals surface area contributed by atoms with Crippen molar-refractivity contribution in [2.75, 3.05) is 40.5 Å². The molecule has 2 heterocycles. The summed E-state index contributed by atoms with van der Waals surface area (Å²) in [5, 5.41) is 10.4. The molecule has 0 bridgehead atoms. The number of ether oxygens (including phenoxy) is 2. The van der Waals surface area contributed by atoms with Crippen LogP contribution < -0.4 is 4.74 Å². The largest absolute Gasteiger partial charge is 0.508 e. The number of piperidine rings is 1. The number of likely N-dealkylation sites (tertiary alicyclic amines) is 1. The Kier molecular flexibility index (Phi) is 9.73. The second kappa shape index (κ2) is 13.4. The van der Waals surface area contributed by atoms with Crippen LogP contribution in [-0.4, -0.2) is 66.4 Å². The van der Waals surface area contributed by atoms with Gasteiger partial charge in [-0.2, -0.15) is 0 Å². The van der Waals surface area contributed by atoms with Gasteiger partial charge in [0.25, 0.3) is 0 Å². The molecule has 0 aliphatic carbocycles. The third kappa shape index (κ3) is 7.29. The summed E-state index contributed by atoms with van der Waals surface area (Å²) in [5.74, 6) is 1.69. The lowest BCUT2D eigenvalue weighted by molar-refractivity contribution is 0.0562. The maximum absolute atomic E-state index is 10.4. The molecule has 0 saturated carbocycles. The van der Waals surface area contributed by atoms with Crippen LogP contribution in [0.15, 0.2) is 72.9 Å². The zero-order valence-corrected chi connectivity index (χ0v) is 21.6. The maximum atomic E-state index is 10.4. The molecule has 192 valence electrons. The number of hydrogen-bond acceptors (Lipinski definition) is 6. The zero-order valence-electron chi connectivity index (χ0n) is 21.6. The molecule has 1 saturated heterocycles. The lowest BCUT2D eigenvalue weighted by Crippen LogP contribution is -2.47. The van der Waals surface area contributed by atoms with E-state index in [2.05, 4.69) is 57.2 Å². The van der Waals surface area contributed by atoms with E-state index in [4.69, 9.17) is 9.47 Å². The third-order valence-electron chi connectivity index (χ3n) is 7.29. The molecule has 0 radical (unpaired) electrons. The van der Waals surface area contributed by atoms with Crippen LogP contribution in [0.5, 0.6) is 11.5 Å². The number of phenolic OH excluding ortho intramolecular Hbond substituents is 1. The van der Waals surface area contributed by atoms with Crippen LogP contribution >= 0.6 is 0 Å². The molecule has 1 aromatic heterocycles. The summed E-state index contributed by atoms with van der Waals surface area (Å²) in [5.41, 5.74) is 3.39. The average Bonchev–Trinajstić information content (AvgIpc) is 2.93. The highest BCUT2D eigenvalue weighted by molar-refractivity contribution is 5.39. The Morgan fingerprint density at radius 1 is 1.03 bits per heavy atom. The van der Waals surface area contributed by atoms with Crippen LogP contribution in [0.1, 0.15) is 29.7 Å². The van der Waals surface area contributed by atoms with Crippen LogP contribution in [0.3, 0.4) is 0 Å². The Morgan fingerprint density at radius 3 is 2.50 bits per heavy atom. The lowest BCUT2D eigenvalue weighted by atomic mass is 9.84. The summed E-state index contributed by atoms with van der Waals surface area (Å²) in [6.07, 6.45) is 5.13. The molecule has 2 aromatic carbocycles. The Hall–Kier alpha value is -2.93. The summed E-state index contributed by atoms with van der Waals surface area (Å²) in [6, 6.07) is 22.8. The molecule has 1 aliphatic rings. The second-order valence-electron chi connectivity index (χ2n) is 9.65. The molecule has 0 amide bonds. The molecule has 4 rings (SSSR count). The first-order valence-electron chi connectivity index (χ1n) is 12.9. The number of benzene rings is 2. The van der Waals surface area contributed by atoms with Crippen molar-refractivity contribution in [1.82, 2.24) is 14.8 Å². The first-order chi connectivity index (χ1) is 17.7. The van der Waals surface area contributed by atoms with Crippen molar-refractivity contribution in [1.29, 1.82) is 0 Å². The van der Waals surface area contributed by atoms with Crippen LogP contribution in [0.2, 0.25) is 0 Å². The molecule has 1 atom stereocenters. The van der Waals surface area contributed by atoms with Gasteiger partial charge in [0, 0.05) is 44.5 Å². The summed E-state index contributed by atoms with van der Waals surface area (Å²) >= 11 is 0. The maximum Gasteiger partial charge on any atom is 0.120 e. The van der Waals surface area contributed by atoms with Crippen molar-refractivity contribution < 1.29 is 14.6 Å². The van der Waals surface area contributed by atoms with Gasteiger partial charge in [-0.1, -0.05) is 36.4 Å². The highest BCUT2D eigenvalue weighted by atomic mass is 16.5. The molecule has 1 fully saturated rings. The van der Waals surface area contributed by atoms with Crippen LogP contribution in [0.4, 0.5) is 0 Å². The van der Waals surface area contributed by atoms with Gasteiger partial charge in [-0.3, -0.25) is 14.8 Å². The van der Waals surface area contributed by atoms with Crippen LogP contribution in [0, 0.1) is 5.92 Å². The second-order valence-corrected chi connectivity index (χ2v) is 9.65. The molecule has 1 aliphatic heterocycles. The normalized spacial score (nSPS) is 15.8. The molecule has 6 nitrogen and oxygen atoms in total. The minimum Gasteiger partial charge on any atom is -0.508 e. The van der Waals surface area contributed by atoms with Gasteiger partial charge in [0.2, 0.25) is 0 Å². The number of aromatic hydroxyl groups is 1.